The van der Waals surface area contributed by atoms with Gasteiger partial charge in [-0.1, -0.05) is 23.2 Å². The Kier molecular flexibility index (Phi) is 6.72. The Labute approximate surface area is 238 Å². The predicted molar refractivity (Wildman–Crippen MR) is 142 cm³/mol. The lowest BCUT2D eigenvalue weighted by molar-refractivity contribution is -0.155. The van der Waals surface area contributed by atoms with Gasteiger partial charge in [-0.2, -0.15) is 5.01 Å². The van der Waals surface area contributed by atoms with Gasteiger partial charge in [-0.25, -0.2) is 9.80 Å². The molecule has 11 heteroatoms. The van der Waals surface area contributed by atoms with E-state index in [0.29, 0.717) is 0 Å². The van der Waals surface area contributed by atoms with Crippen molar-refractivity contribution in [3.63, 3.8) is 0 Å². The molecule has 0 unspecified atom stereocenters. The number of nitrogens with zero attached hydrogens (tertiary/aromatic N) is 2. The van der Waals surface area contributed by atoms with Gasteiger partial charge in [0.05, 0.1) is 28.1 Å². The number of carbonyl (C=O) groups is 5. The Morgan fingerprint density at radius 3 is 2.15 bits per heavy atom. The van der Waals surface area contributed by atoms with Gasteiger partial charge in [0, 0.05) is 11.1 Å². The highest BCUT2D eigenvalue weighted by Crippen LogP contribution is 2.56. The van der Waals surface area contributed by atoms with Gasteiger partial charge in [-0.15, -0.1) is 0 Å². The maximum absolute atomic E-state index is 13.7. The molecule has 2 aromatic carbocycles. The van der Waals surface area contributed by atoms with Crippen LogP contribution in [0.3, 0.4) is 0 Å². The number of fused-ring (bicyclic) bond motifs is 5. The number of benzene rings is 2. The van der Waals surface area contributed by atoms with E-state index in [1.165, 1.54) is 54.8 Å². The summed E-state index contributed by atoms with van der Waals surface area (Å²) in [6.45, 7) is -0.573. The standard InChI is InChI=1S/C29H22Cl2N2O7/c30-20-10-7-18(13-21(20)31)26(35)32(33-27(36)24-16-3-4-17(12-16)25(24)28(33)37)14-22(34)15-5-8-19(9-6-15)40-29(38)23-2-1-11-39-23/h1-2,5-11,13,16-17,24-25H,3-4,12,14H2/t16-,17-,24+,25+/m0/s1. The van der Waals surface area contributed by atoms with Gasteiger partial charge >= 0.3 is 5.97 Å². The van der Waals surface area contributed by atoms with Crippen LogP contribution in [0.4, 0.5) is 0 Å². The quantitative estimate of drug-likeness (QED) is 0.166. The van der Waals surface area contributed by atoms with E-state index in [1.807, 2.05) is 0 Å². The molecule has 2 bridgehead atoms. The van der Waals surface area contributed by atoms with Crippen molar-refractivity contribution >= 4 is 52.7 Å². The van der Waals surface area contributed by atoms with Crippen molar-refractivity contribution in [3.8, 4) is 5.75 Å². The van der Waals surface area contributed by atoms with Crippen molar-refractivity contribution in [2.24, 2.45) is 23.7 Å². The lowest BCUT2D eigenvalue weighted by Gasteiger charge is -2.31. The number of rotatable bonds is 7. The normalized spacial score (nSPS) is 22.9. The highest BCUT2D eigenvalue weighted by atomic mass is 35.5. The summed E-state index contributed by atoms with van der Waals surface area (Å²) in [4.78, 5) is 66.3. The van der Waals surface area contributed by atoms with Gasteiger partial charge in [0.25, 0.3) is 17.7 Å². The van der Waals surface area contributed by atoms with E-state index in [9.17, 15) is 24.0 Å². The van der Waals surface area contributed by atoms with Gasteiger partial charge in [-0.05, 0) is 85.7 Å². The van der Waals surface area contributed by atoms with Crippen LogP contribution in [0.5, 0.6) is 5.75 Å². The monoisotopic (exact) mass is 580 g/mol. The Morgan fingerprint density at radius 1 is 0.900 bits per heavy atom. The second kappa shape index (κ2) is 10.2. The van der Waals surface area contributed by atoms with Crippen LogP contribution in [-0.2, 0) is 9.59 Å². The van der Waals surface area contributed by atoms with E-state index >= 15 is 0 Å². The third-order valence-electron chi connectivity index (χ3n) is 7.95. The first-order chi connectivity index (χ1) is 19.2. The van der Waals surface area contributed by atoms with Crippen LogP contribution < -0.4 is 4.74 Å². The lowest BCUT2D eigenvalue weighted by atomic mass is 9.81. The molecular formula is C29H22Cl2N2O7. The van der Waals surface area contributed by atoms with Crippen LogP contribution in [0.15, 0.2) is 65.3 Å². The number of halogens is 2. The maximum Gasteiger partial charge on any atom is 0.379 e. The van der Waals surface area contributed by atoms with Gasteiger partial charge < -0.3 is 9.15 Å². The lowest BCUT2D eigenvalue weighted by Crippen LogP contribution is -2.52. The Bertz CT molecular complexity index is 1510. The van der Waals surface area contributed by atoms with Crippen molar-refractivity contribution in [2.45, 2.75) is 19.3 Å². The molecule has 4 atom stereocenters. The molecule has 9 nitrogen and oxygen atoms in total. The number of ketones is 1. The van der Waals surface area contributed by atoms with Crippen LogP contribution in [0.2, 0.25) is 10.0 Å². The molecule has 3 aromatic rings. The van der Waals surface area contributed by atoms with Crippen molar-refractivity contribution in [2.75, 3.05) is 6.54 Å². The predicted octanol–water partition coefficient (Wildman–Crippen LogP) is 5.08. The minimum atomic E-state index is -0.732. The molecule has 3 fully saturated rings. The summed E-state index contributed by atoms with van der Waals surface area (Å²) in [5, 5.41) is 2.12. The summed E-state index contributed by atoms with van der Waals surface area (Å²) in [7, 11) is 0. The average molecular weight is 581 g/mol. The van der Waals surface area contributed by atoms with Crippen LogP contribution in [0.1, 0.15) is 50.5 Å². The number of hydrazine groups is 1. The molecule has 204 valence electrons. The molecule has 40 heavy (non-hydrogen) atoms. The highest BCUT2D eigenvalue weighted by Gasteiger charge is 2.62. The first-order valence-corrected chi connectivity index (χ1v) is 13.5. The summed E-state index contributed by atoms with van der Waals surface area (Å²) in [5.41, 5.74) is 0.257. The van der Waals surface area contributed by atoms with Crippen molar-refractivity contribution in [1.29, 1.82) is 0 Å². The van der Waals surface area contributed by atoms with E-state index in [2.05, 4.69) is 0 Å². The third kappa shape index (κ3) is 4.49. The molecular weight excluding hydrogens is 559 g/mol. The van der Waals surface area contributed by atoms with E-state index < -0.39 is 47.9 Å². The zero-order chi connectivity index (χ0) is 28.1. The van der Waals surface area contributed by atoms with E-state index in [4.69, 9.17) is 32.4 Å². The molecule has 1 aliphatic heterocycles. The van der Waals surface area contributed by atoms with E-state index in [0.717, 1.165) is 29.3 Å². The summed E-state index contributed by atoms with van der Waals surface area (Å²) in [5.74, 6) is -3.43. The maximum atomic E-state index is 13.7. The Morgan fingerprint density at radius 2 is 1.55 bits per heavy atom. The minimum absolute atomic E-state index is 0.0229. The van der Waals surface area contributed by atoms with Gasteiger partial charge in [0.15, 0.2) is 5.78 Å². The molecule has 2 saturated carbocycles. The summed E-state index contributed by atoms with van der Waals surface area (Å²) >= 11 is 12.1. The zero-order valence-corrected chi connectivity index (χ0v) is 22.4. The van der Waals surface area contributed by atoms with Crippen molar-refractivity contribution in [3.05, 3.63) is 87.8 Å². The van der Waals surface area contributed by atoms with E-state index in [-0.39, 0.29) is 44.5 Å². The minimum Gasteiger partial charge on any atom is -0.457 e. The number of Topliss-reactive ketones (excluding diaryl/α,β-unsaturated/α-hetero) is 1. The molecule has 2 aliphatic carbocycles. The molecule has 0 spiro atoms. The van der Waals surface area contributed by atoms with Crippen molar-refractivity contribution in [1.82, 2.24) is 10.0 Å². The van der Waals surface area contributed by atoms with Crippen LogP contribution in [0.25, 0.3) is 0 Å². The molecule has 1 saturated heterocycles. The number of imide groups is 1. The van der Waals surface area contributed by atoms with Crippen LogP contribution in [-0.4, -0.2) is 46.0 Å². The second-order valence-corrected chi connectivity index (χ2v) is 11.0. The fourth-order valence-corrected chi connectivity index (χ4v) is 6.43. The van der Waals surface area contributed by atoms with E-state index in [1.54, 1.807) is 6.07 Å². The number of ether oxygens (including phenoxy) is 1. The SMILES string of the molecule is O=C(CN(C(=O)c1ccc(Cl)c(Cl)c1)N1C(=O)[C@@H]2[C@H]3CC[C@@H](C3)[C@H]2C1=O)c1ccc(OC(=O)c2ccco2)cc1. The number of hydrogen-bond donors (Lipinski definition) is 0. The highest BCUT2D eigenvalue weighted by molar-refractivity contribution is 6.42. The Balaban J connectivity index is 1.26. The summed E-state index contributed by atoms with van der Waals surface area (Å²) in [6, 6.07) is 12.9. The topological polar surface area (TPSA) is 114 Å². The average Bonchev–Trinajstić information content (AvgIpc) is 3.75. The van der Waals surface area contributed by atoms with Gasteiger partial charge in [-0.3, -0.25) is 19.2 Å². The molecule has 6 rings (SSSR count). The van der Waals surface area contributed by atoms with Gasteiger partial charge in [0.2, 0.25) is 5.76 Å². The van der Waals surface area contributed by atoms with Crippen LogP contribution >= 0.6 is 23.2 Å². The smallest absolute Gasteiger partial charge is 0.379 e. The fourth-order valence-electron chi connectivity index (χ4n) is 6.13. The zero-order valence-electron chi connectivity index (χ0n) is 20.9. The van der Waals surface area contributed by atoms with Gasteiger partial charge in [0.1, 0.15) is 12.3 Å². The van der Waals surface area contributed by atoms with Crippen LogP contribution in [0, 0.1) is 23.7 Å². The molecule has 3 amide bonds. The molecule has 3 aliphatic rings. The molecule has 0 radical (unpaired) electrons. The van der Waals surface area contributed by atoms with Crippen molar-refractivity contribution < 1.29 is 33.1 Å². The fraction of sp³-hybridized carbons (Fsp3) is 0.276. The molecule has 2 heterocycles. The second-order valence-electron chi connectivity index (χ2n) is 10.2. The largest absolute Gasteiger partial charge is 0.457 e. The first-order valence-electron chi connectivity index (χ1n) is 12.8. The molecule has 1 aromatic heterocycles. The summed E-state index contributed by atoms with van der Waals surface area (Å²) in [6.07, 6.45) is 3.92. The number of hydrogen-bond acceptors (Lipinski definition) is 7. The number of furan rings is 1. The first kappa shape index (κ1) is 26.3. The third-order valence-corrected chi connectivity index (χ3v) is 8.69. The summed E-state index contributed by atoms with van der Waals surface area (Å²) < 4.78 is 10.3. The number of amides is 3. The Hall–Kier alpha value is -3.95. The number of carbonyl (C=O) groups excluding carboxylic acids is 5. The molecule has 0 N–H and O–H groups in total. The number of esters is 1.